The second kappa shape index (κ2) is 7.77. The minimum Gasteiger partial charge on any atom is -0.273 e. The van der Waals surface area contributed by atoms with Crippen molar-refractivity contribution in [2.45, 2.75) is 13.3 Å². The maximum atomic E-state index is 11.9. The number of benzene rings is 2. The third-order valence-electron chi connectivity index (χ3n) is 3.36. The SMILES string of the molecule is C/C(=N\NC(=O)Cc1ccc([N+](=O)[O-])cc1)c1ccc([N+](=O)[O-])cc1. The standard InChI is InChI=1S/C16H14N4O5/c1-11(13-4-8-15(9-5-13)20(24)25)17-18-16(21)10-12-2-6-14(7-3-12)19(22)23/h2-9H,10H2,1H3,(H,18,21)/b17-11+. The second-order valence-electron chi connectivity index (χ2n) is 5.14. The molecule has 0 aliphatic heterocycles. The van der Waals surface area contributed by atoms with Gasteiger partial charge in [-0.2, -0.15) is 5.10 Å². The molecule has 0 bridgehead atoms. The fourth-order valence-electron chi connectivity index (χ4n) is 2.00. The van der Waals surface area contributed by atoms with Crippen LogP contribution in [0.4, 0.5) is 11.4 Å². The Labute approximate surface area is 142 Å². The Balaban J connectivity index is 1.96. The summed E-state index contributed by atoms with van der Waals surface area (Å²) in [7, 11) is 0. The van der Waals surface area contributed by atoms with Crippen molar-refractivity contribution in [3.05, 3.63) is 79.9 Å². The third kappa shape index (κ3) is 4.93. The van der Waals surface area contributed by atoms with Crippen LogP contribution in [0.1, 0.15) is 18.1 Å². The van der Waals surface area contributed by atoms with Crippen LogP contribution in [-0.4, -0.2) is 21.5 Å². The summed E-state index contributed by atoms with van der Waals surface area (Å²) in [6, 6.07) is 11.5. The number of hydrogen-bond acceptors (Lipinski definition) is 6. The molecular formula is C16H14N4O5. The molecule has 0 fully saturated rings. The van der Waals surface area contributed by atoms with Crippen LogP contribution >= 0.6 is 0 Å². The molecule has 2 rings (SSSR count). The van der Waals surface area contributed by atoms with Crippen LogP contribution in [0.5, 0.6) is 0 Å². The molecule has 0 unspecified atom stereocenters. The van der Waals surface area contributed by atoms with Gasteiger partial charge in [0, 0.05) is 24.3 Å². The lowest BCUT2D eigenvalue weighted by molar-refractivity contribution is -0.385. The number of carbonyl (C=O) groups is 1. The lowest BCUT2D eigenvalue weighted by Gasteiger charge is -2.03. The normalized spacial score (nSPS) is 11.0. The van der Waals surface area contributed by atoms with Crippen molar-refractivity contribution in [3.63, 3.8) is 0 Å². The highest BCUT2D eigenvalue weighted by atomic mass is 16.6. The molecule has 2 aromatic carbocycles. The number of hydrazone groups is 1. The summed E-state index contributed by atoms with van der Waals surface area (Å²) >= 11 is 0. The van der Waals surface area contributed by atoms with Crippen LogP contribution in [0.15, 0.2) is 53.6 Å². The van der Waals surface area contributed by atoms with E-state index in [1.54, 1.807) is 19.1 Å². The molecule has 0 aromatic heterocycles. The third-order valence-corrected chi connectivity index (χ3v) is 3.36. The predicted octanol–water partition coefficient (Wildman–Crippen LogP) is 2.59. The van der Waals surface area contributed by atoms with Gasteiger partial charge in [-0.15, -0.1) is 0 Å². The summed E-state index contributed by atoms with van der Waals surface area (Å²) in [5, 5.41) is 25.1. The van der Waals surface area contributed by atoms with Crippen molar-refractivity contribution in [2.75, 3.05) is 0 Å². The Morgan fingerprint density at radius 2 is 1.44 bits per heavy atom. The maximum absolute atomic E-state index is 11.9. The van der Waals surface area contributed by atoms with Crippen LogP contribution in [0, 0.1) is 20.2 Å². The van der Waals surface area contributed by atoms with Crippen molar-refractivity contribution < 1.29 is 14.6 Å². The van der Waals surface area contributed by atoms with E-state index < -0.39 is 9.85 Å². The Morgan fingerprint density at radius 1 is 0.960 bits per heavy atom. The van der Waals surface area contributed by atoms with Gasteiger partial charge in [-0.3, -0.25) is 25.0 Å². The first-order valence-corrected chi connectivity index (χ1v) is 7.18. The van der Waals surface area contributed by atoms with E-state index in [4.69, 9.17) is 0 Å². The molecule has 0 saturated carbocycles. The molecule has 0 aliphatic carbocycles. The molecule has 0 heterocycles. The van der Waals surface area contributed by atoms with Crippen LogP contribution in [-0.2, 0) is 11.2 Å². The van der Waals surface area contributed by atoms with Gasteiger partial charge >= 0.3 is 0 Å². The average molecular weight is 342 g/mol. The van der Waals surface area contributed by atoms with E-state index in [1.807, 2.05) is 0 Å². The molecule has 2 aromatic rings. The first-order valence-electron chi connectivity index (χ1n) is 7.18. The number of rotatable bonds is 6. The molecule has 0 saturated heterocycles. The molecular weight excluding hydrogens is 328 g/mol. The summed E-state index contributed by atoms with van der Waals surface area (Å²) in [5.74, 6) is -0.380. The van der Waals surface area contributed by atoms with Crippen LogP contribution in [0.25, 0.3) is 0 Å². The van der Waals surface area contributed by atoms with E-state index in [0.29, 0.717) is 16.8 Å². The Kier molecular flexibility index (Phi) is 5.51. The lowest BCUT2D eigenvalue weighted by atomic mass is 10.1. The van der Waals surface area contributed by atoms with Crippen LogP contribution < -0.4 is 5.43 Å². The van der Waals surface area contributed by atoms with Crippen LogP contribution in [0.2, 0.25) is 0 Å². The number of non-ortho nitro benzene ring substituents is 2. The fraction of sp³-hybridized carbons (Fsp3) is 0.125. The molecule has 25 heavy (non-hydrogen) atoms. The summed E-state index contributed by atoms with van der Waals surface area (Å²) in [6.45, 7) is 1.66. The highest BCUT2D eigenvalue weighted by Crippen LogP contribution is 2.13. The van der Waals surface area contributed by atoms with E-state index in [-0.39, 0.29) is 23.7 Å². The molecule has 0 atom stereocenters. The van der Waals surface area contributed by atoms with Gasteiger partial charge in [0.2, 0.25) is 5.91 Å². The number of nitro groups is 2. The van der Waals surface area contributed by atoms with E-state index in [9.17, 15) is 25.0 Å². The monoisotopic (exact) mass is 342 g/mol. The van der Waals surface area contributed by atoms with E-state index in [0.717, 1.165) is 0 Å². The van der Waals surface area contributed by atoms with E-state index in [1.165, 1.54) is 36.4 Å². The highest BCUT2D eigenvalue weighted by Gasteiger charge is 2.08. The summed E-state index contributed by atoms with van der Waals surface area (Å²) in [5.41, 5.74) is 4.06. The zero-order chi connectivity index (χ0) is 18.4. The molecule has 0 radical (unpaired) electrons. The lowest BCUT2D eigenvalue weighted by Crippen LogP contribution is -2.21. The zero-order valence-electron chi connectivity index (χ0n) is 13.2. The van der Waals surface area contributed by atoms with Gasteiger partial charge in [0.15, 0.2) is 0 Å². The van der Waals surface area contributed by atoms with Crippen LogP contribution in [0.3, 0.4) is 0 Å². The zero-order valence-corrected chi connectivity index (χ0v) is 13.2. The molecule has 128 valence electrons. The minimum absolute atomic E-state index is 0.0229. The number of nitrogens with zero attached hydrogens (tertiary/aromatic N) is 3. The van der Waals surface area contributed by atoms with Gasteiger partial charge in [-0.05, 0) is 30.2 Å². The topological polar surface area (TPSA) is 128 Å². The first-order chi connectivity index (χ1) is 11.9. The van der Waals surface area contributed by atoms with Gasteiger partial charge in [0.05, 0.1) is 22.0 Å². The number of nitrogens with one attached hydrogen (secondary N) is 1. The minimum atomic E-state index is -0.512. The molecule has 9 nitrogen and oxygen atoms in total. The van der Waals surface area contributed by atoms with Crippen molar-refractivity contribution in [2.24, 2.45) is 5.10 Å². The number of carbonyl (C=O) groups excluding carboxylic acids is 1. The first kappa shape index (κ1) is 17.7. The summed E-state index contributed by atoms with van der Waals surface area (Å²) < 4.78 is 0. The van der Waals surface area contributed by atoms with Gasteiger partial charge < -0.3 is 0 Å². The Bertz CT molecular complexity index is 829. The molecule has 0 spiro atoms. The van der Waals surface area contributed by atoms with Gasteiger partial charge in [-0.1, -0.05) is 12.1 Å². The maximum Gasteiger partial charge on any atom is 0.269 e. The summed E-state index contributed by atoms with van der Waals surface area (Å²) in [4.78, 5) is 32.0. The molecule has 0 aliphatic rings. The fourth-order valence-corrected chi connectivity index (χ4v) is 2.00. The molecule has 9 heteroatoms. The number of hydrogen-bond donors (Lipinski definition) is 1. The van der Waals surface area contributed by atoms with Crippen molar-refractivity contribution in [3.8, 4) is 0 Å². The van der Waals surface area contributed by atoms with Gasteiger partial charge in [0.1, 0.15) is 0 Å². The van der Waals surface area contributed by atoms with Gasteiger partial charge in [-0.25, -0.2) is 5.43 Å². The smallest absolute Gasteiger partial charge is 0.269 e. The highest BCUT2D eigenvalue weighted by molar-refractivity contribution is 5.99. The van der Waals surface area contributed by atoms with Crippen molar-refractivity contribution in [1.82, 2.24) is 5.43 Å². The predicted molar refractivity (Wildman–Crippen MR) is 90.3 cm³/mol. The van der Waals surface area contributed by atoms with Crippen molar-refractivity contribution in [1.29, 1.82) is 0 Å². The Hall–Kier alpha value is -3.62. The average Bonchev–Trinajstić information content (AvgIpc) is 2.60. The van der Waals surface area contributed by atoms with E-state index >= 15 is 0 Å². The quantitative estimate of drug-likeness (QED) is 0.490. The van der Waals surface area contributed by atoms with Crippen molar-refractivity contribution >= 4 is 23.0 Å². The number of nitro benzene ring substituents is 2. The Morgan fingerprint density at radius 3 is 1.92 bits per heavy atom. The van der Waals surface area contributed by atoms with E-state index in [2.05, 4.69) is 10.5 Å². The second-order valence-corrected chi connectivity index (χ2v) is 5.14. The number of amides is 1. The van der Waals surface area contributed by atoms with Gasteiger partial charge in [0.25, 0.3) is 11.4 Å². The molecule has 1 amide bonds. The largest absolute Gasteiger partial charge is 0.273 e. The molecule has 1 N–H and O–H groups in total. The summed E-state index contributed by atoms with van der Waals surface area (Å²) in [6.07, 6.45) is 0.0229.